The van der Waals surface area contributed by atoms with Crippen LogP contribution in [-0.4, -0.2) is 33.1 Å². The van der Waals surface area contributed by atoms with E-state index >= 15 is 0 Å². The maximum atomic E-state index is 12.6. The number of rotatable bonds is 4. The highest BCUT2D eigenvalue weighted by molar-refractivity contribution is 5.98. The zero-order chi connectivity index (χ0) is 14.2. The van der Waals surface area contributed by atoms with Crippen LogP contribution in [0.4, 0.5) is 5.69 Å². The molecular formula is C14H22N4O. The molecule has 1 amide bonds. The van der Waals surface area contributed by atoms with Crippen LogP contribution in [0.15, 0.2) is 12.7 Å². The van der Waals surface area contributed by atoms with Gasteiger partial charge >= 0.3 is 0 Å². The maximum Gasteiger partial charge on any atom is 0.277 e. The molecule has 1 aromatic heterocycles. The number of amides is 1. The topological polar surface area (TPSA) is 75.0 Å². The summed E-state index contributed by atoms with van der Waals surface area (Å²) in [5, 5.41) is 7.04. The van der Waals surface area contributed by atoms with Gasteiger partial charge in [0.2, 0.25) is 0 Å². The minimum Gasteiger partial charge on any atom is -0.395 e. The molecule has 1 heterocycles. The molecule has 0 radical (unpaired) electrons. The van der Waals surface area contributed by atoms with E-state index in [9.17, 15) is 4.79 Å². The van der Waals surface area contributed by atoms with Crippen molar-refractivity contribution in [1.82, 2.24) is 15.1 Å². The van der Waals surface area contributed by atoms with E-state index in [-0.39, 0.29) is 11.4 Å². The fourth-order valence-corrected chi connectivity index (χ4v) is 2.13. The number of hydrogen-bond donors (Lipinski definition) is 2. The van der Waals surface area contributed by atoms with E-state index in [2.05, 4.69) is 16.8 Å². The average molecular weight is 262 g/mol. The van der Waals surface area contributed by atoms with Crippen molar-refractivity contribution in [1.29, 1.82) is 0 Å². The van der Waals surface area contributed by atoms with Gasteiger partial charge in [0.25, 0.3) is 5.91 Å². The van der Waals surface area contributed by atoms with Crippen molar-refractivity contribution in [3.05, 3.63) is 24.0 Å². The molecule has 0 saturated heterocycles. The number of hydrogen-bond acceptors (Lipinski definition) is 3. The van der Waals surface area contributed by atoms with Gasteiger partial charge in [0, 0.05) is 18.0 Å². The van der Waals surface area contributed by atoms with E-state index in [4.69, 9.17) is 5.73 Å². The molecule has 5 nitrogen and oxygen atoms in total. The number of H-pyrrole nitrogens is 1. The minimum atomic E-state index is -0.295. The molecule has 2 rings (SSSR count). The number of nitrogens with zero attached hydrogens (tertiary/aromatic N) is 2. The van der Waals surface area contributed by atoms with E-state index in [1.54, 1.807) is 11.0 Å². The van der Waals surface area contributed by atoms with Crippen molar-refractivity contribution in [3.63, 3.8) is 0 Å². The normalized spacial score (nSPS) is 15.3. The van der Waals surface area contributed by atoms with Gasteiger partial charge in [0.1, 0.15) is 0 Å². The van der Waals surface area contributed by atoms with E-state index in [0.29, 0.717) is 23.8 Å². The van der Waals surface area contributed by atoms with E-state index in [1.165, 1.54) is 0 Å². The first kappa shape index (κ1) is 13.6. The van der Waals surface area contributed by atoms with Crippen molar-refractivity contribution < 1.29 is 4.79 Å². The number of aromatic nitrogens is 2. The molecule has 104 valence electrons. The van der Waals surface area contributed by atoms with Crippen molar-refractivity contribution in [2.24, 2.45) is 0 Å². The van der Waals surface area contributed by atoms with Crippen LogP contribution >= 0.6 is 0 Å². The second-order valence-electron chi connectivity index (χ2n) is 6.05. The molecule has 3 N–H and O–H groups in total. The second-order valence-corrected chi connectivity index (χ2v) is 6.05. The Balaban J connectivity index is 2.28. The molecule has 0 bridgehead atoms. The van der Waals surface area contributed by atoms with Crippen LogP contribution in [0.2, 0.25) is 0 Å². The Hall–Kier alpha value is -1.78. The van der Waals surface area contributed by atoms with Gasteiger partial charge in [-0.15, -0.1) is 6.58 Å². The fourth-order valence-electron chi connectivity index (χ4n) is 2.13. The predicted molar refractivity (Wildman–Crippen MR) is 76.0 cm³/mol. The van der Waals surface area contributed by atoms with Gasteiger partial charge in [-0.25, -0.2) is 0 Å². The largest absolute Gasteiger partial charge is 0.395 e. The number of carbonyl (C=O) groups is 1. The lowest BCUT2D eigenvalue weighted by molar-refractivity contribution is 0.0611. The van der Waals surface area contributed by atoms with Crippen LogP contribution in [0.5, 0.6) is 0 Å². The number of carbonyl (C=O) groups excluding carboxylic acids is 1. The third-order valence-electron chi connectivity index (χ3n) is 3.39. The Bertz CT molecular complexity index is 494. The first-order chi connectivity index (χ1) is 8.86. The summed E-state index contributed by atoms with van der Waals surface area (Å²) in [5.74, 6) is 0.310. The molecular weight excluding hydrogens is 240 g/mol. The van der Waals surface area contributed by atoms with Crippen LogP contribution in [-0.2, 0) is 0 Å². The number of nitrogens with two attached hydrogens (primary N) is 1. The highest BCUT2D eigenvalue weighted by Crippen LogP contribution is 2.42. The van der Waals surface area contributed by atoms with Crippen LogP contribution in [0, 0.1) is 0 Å². The first-order valence-electron chi connectivity index (χ1n) is 6.63. The standard InChI is InChI=1S/C14H22N4O/c1-5-8-18(14(2,3)4)13(19)12-10(15)11(16-17-12)9-6-7-9/h5,9H,1,6-8,15H2,2-4H3,(H,16,17). The Morgan fingerprint density at radius 1 is 1.58 bits per heavy atom. The molecule has 0 aliphatic heterocycles. The summed E-state index contributed by atoms with van der Waals surface area (Å²) < 4.78 is 0. The maximum absolute atomic E-state index is 12.6. The number of nitrogens with one attached hydrogen (secondary N) is 1. The van der Waals surface area contributed by atoms with Crippen LogP contribution in [0.25, 0.3) is 0 Å². The summed E-state index contributed by atoms with van der Waals surface area (Å²) in [6, 6.07) is 0. The van der Waals surface area contributed by atoms with Gasteiger partial charge in [0.05, 0.1) is 11.4 Å². The third-order valence-corrected chi connectivity index (χ3v) is 3.39. The molecule has 0 spiro atoms. The minimum absolute atomic E-state index is 0.145. The Morgan fingerprint density at radius 2 is 2.21 bits per heavy atom. The Labute approximate surface area is 113 Å². The van der Waals surface area contributed by atoms with Gasteiger partial charge < -0.3 is 10.6 Å². The highest BCUT2D eigenvalue weighted by Gasteiger charge is 2.33. The van der Waals surface area contributed by atoms with Gasteiger partial charge in [0.15, 0.2) is 5.69 Å². The Kier molecular flexibility index (Phi) is 3.39. The molecule has 1 aromatic rings. The second kappa shape index (κ2) is 4.72. The lowest BCUT2D eigenvalue weighted by Gasteiger charge is -2.34. The quantitative estimate of drug-likeness (QED) is 0.817. The van der Waals surface area contributed by atoms with Crippen LogP contribution in [0.3, 0.4) is 0 Å². The number of nitrogen functional groups attached to an aromatic ring is 1. The molecule has 1 aliphatic carbocycles. The fraction of sp³-hybridized carbons (Fsp3) is 0.571. The monoisotopic (exact) mass is 262 g/mol. The molecule has 0 aromatic carbocycles. The van der Waals surface area contributed by atoms with Crippen molar-refractivity contribution in [3.8, 4) is 0 Å². The van der Waals surface area contributed by atoms with Gasteiger partial charge in [-0.3, -0.25) is 9.89 Å². The summed E-state index contributed by atoms with van der Waals surface area (Å²) in [6.45, 7) is 10.1. The summed E-state index contributed by atoms with van der Waals surface area (Å²) >= 11 is 0. The molecule has 5 heteroatoms. The van der Waals surface area contributed by atoms with Crippen molar-refractivity contribution in [2.45, 2.75) is 45.1 Å². The Morgan fingerprint density at radius 3 is 2.68 bits per heavy atom. The summed E-state index contributed by atoms with van der Waals surface area (Å²) in [4.78, 5) is 14.3. The van der Waals surface area contributed by atoms with Crippen LogP contribution in [0.1, 0.15) is 55.7 Å². The molecule has 0 atom stereocenters. The summed E-state index contributed by atoms with van der Waals surface area (Å²) in [5.41, 5.74) is 7.51. The number of anilines is 1. The number of aromatic amines is 1. The summed E-state index contributed by atoms with van der Waals surface area (Å²) in [7, 11) is 0. The highest BCUT2D eigenvalue weighted by atomic mass is 16.2. The lowest BCUT2D eigenvalue weighted by Crippen LogP contribution is -2.46. The van der Waals surface area contributed by atoms with E-state index in [0.717, 1.165) is 18.5 Å². The smallest absolute Gasteiger partial charge is 0.277 e. The van der Waals surface area contributed by atoms with Crippen LogP contribution < -0.4 is 5.73 Å². The third kappa shape index (κ3) is 2.64. The SMILES string of the molecule is C=CCN(C(=O)c1n[nH]c(C2CC2)c1N)C(C)(C)C. The predicted octanol–water partition coefficient (Wildman–Crippen LogP) is 2.30. The van der Waals surface area contributed by atoms with Crippen molar-refractivity contribution >= 4 is 11.6 Å². The molecule has 1 saturated carbocycles. The van der Waals surface area contributed by atoms with Gasteiger partial charge in [-0.05, 0) is 33.6 Å². The van der Waals surface area contributed by atoms with Crippen molar-refractivity contribution in [2.75, 3.05) is 12.3 Å². The first-order valence-corrected chi connectivity index (χ1v) is 6.63. The molecule has 1 fully saturated rings. The van der Waals surface area contributed by atoms with E-state index < -0.39 is 0 Å². The summed E-state index contributed by atoms with van der Waals surface area (Å²) in [6.07, 6.45) is 3.96. The molecule has 19 heavy (non-hydrogen) atoms. The van der Waals surface area contributed by atoms with E-state index in [1.807, 2.05) is 20.8 Å². The zero-order valence-corrected chi connectivity index (χ0v) is 11.9. The molecule has 0 unspecified atom stereocenters. The van der Waals surface area contributed by atoms with Gasteiger partial charge in [-0.1, -0.05) is 6.08 Å². The molecule has 1 aliphatic rings. The average Bonchev–Trinajstić information content (AvgIpc) is 3.08. The lowest BCUT2D eigenvalue weighted by atomic mass is 10.0. The zero-order valence-electron chi connectivity index (χ0n) is 11.9. The van der Waals surface area contributed by atoms with Gasteiger partial charge in [-0.2, -0.15) is 5.10 Å².